The molecule has 7 nitrogen and oxygen atoms in total. The van der Waals surface area contributed by atoms with Crippen LogP contribution in [-0.2, 0) is 6.42 Å². The highest BCUT2D eigenvalue weighted by atomic mass is 16.2. The number of carbonyl (C=O) groups is 1. The van der Waals surface area contributed by atoms with Crippen LogP contribution in [0.25, 0.3) is 22.0 Å². The van der Waals surface area contributed by atoms with Gasteiger partial charge in [-0.05, 0) is 47.4 Å². The lowest BCUT2D eigenvalue weighted by molar-refractivity contribution is 0.252. The van der Waals surface area contributed by atoms with Crippen molar-refractivity contribution in [2.45, 2.75) is 6.42 Å². The number of nitrogens with one attached hydrogen (secondary N) is 3. The summed E-state index contributed by atoms with van der Waals surface area (Å²) in [6.45, 7) is 0.548. The molecule has 140 valence electrons. The predicted octanol–water partition coefficient (Wildman–Crippen LogP) is 3.57. The van der Waals surface area contributed by atoms with Gasteiger partial charge in [0, 0.05) is 18.1 Å². The fraction of sp³-hybridized carbons (Fsp3) is 0.0952. The van der Waals surface area contributed by atoms with Crippen LogP contribution in [0.1, 0.15) is 5.56 Å². The highest BCUT2D eigenvalue weighted by molar-refractivity contribution is 5.93. The van der Waals surface area contributed by atoms with E-state index in [1.807, 2.05) is 60.7 Å². The van der Waals surface area contributed by atoms with Gasteiger partial charge in [-0.15, -0.1) is 0 Å². The third-order valence-electron chi connectivity index (χ3n) is 4.47. The Hall–Kier alpha value is -3.87. The fourth-order valence-corrected chi connectivity index (χ4v) is 3.02. The fourth-order valence-electron chi connectivity index (χ4n) is 3.02. The number of hydrogen-bond donors (Lipinski definition) is 4. The third kappa shape index (κ3) is 3.93. The summed E-state index contributed by atoms with van der Waals surface area (Å²) in [7, 11) is 0. The maximum absolute atomic E-state index is 12.1. The first-order chi connectivity index (χ1) is 13.7. The van der Waals surface area contributed by atoms with Crippen molar-refractivity contribution in [2.24, 2.45) is 0 Å². The van der Waals surface area contributed by atoms with Gasteiger partial charge in [-0.3, -0.25) is 10.4 Å². The minimum Gasteiger partial charge on any atom is -0.382 e. The second-order valence-corrected chi connectivity index (χ2v) is 6.42. The zero-order valence-corrected chi connectivity index (χ0v) is 15.1. The van der Waals surface area contributed by atoms with E-state index in [2.05, 4.69) is 25.8 Å². The molecule has 0 saturated carbocycles. The highest BCUT2D eigenvalue weighted by Crippen LogP contribution is 2.27. The summed E-state index contributed by atoms with van der Waals surface area (Å²) in [6.07, 6.45) is 2.44. The molecular weight excluding hydrogens is 352 g/mol. The summed E-state index contributed by atoms with van der Waals surface area (Å²) in [5.41, 5.74) is 9.84. The average Bonchev–Trinajstić information content (AvgIpc) is 3.09. The average molecular weight is 372 g/mol. The van der Waals surface area contributed by atoms with E-state index in [0.29, 0.717) is 18.2 Å². The van der Waals surface area contributed by atoms with E-state index in [-0.39, 0.29) is 6.03 Å². The van der Waals surface area contributed by atoms with Gasteiger partial charge >= 0.3 is 6.03 Å². The van der Waals surface area contributed by atoms with Crippen LogP contribution in [-0.4, -0.2) is 27.8 Å². The predicted molar refractivity (Wildman–Crippen MR) is 111 cm³/mol. The van der Waals surface area contributed by atoms with Crippen molar-refractivity contribution in [3.63, 3.8) is 0 Å². The highest BCUT2D eigenvalue weighted by Gasteiger charge is 2.07. The Morgan fingerprint density at radius 2 is 1.86 bits per heavy atom. The Balaban J connectivity index is 1.41. The van der Waals surface area contributed by atoms with Crippen LogP contribution in [0.3, 0.4) is 0 Å². The maximum Gasteiger partial charge on any atom is 0.320 e. The van der Waals surface area contributed by atoms with Crippen molar-refractivity contribution >= 4 is 28.6 Å². The first-order valence-corrected chi connectivity index (χ1v) is 8.98. The van der Waals surface area contributed by atoms with Crippen LogP contribution in [0.4, 0.5) is 16.4 Å². The number of nitrogens with two attached hydrogens (primary N) is 1. The summed E-state index contributed by atoms with van der Waals surface area (Å²) >= 11 is 0. The molecule has 4 rings (SSSR count). The minimum atomic E-state index is -0.282. The van der Waals surface area contributed by atoms with E-state index in [0.717, 1.165) is 28.5 Å². The van der Waals surface area contributed by atoms with E-state index in [9.17, 15) is 4.79 Å². The van der Waals surface area contributed by atoms with E-state index in [1.54, 1.807) is 6.20 Å². The second kappa shape index (κ2) is 7.79. The van der Waals surface area contributed by atoms with E-state index < -0.39 is 0 Å². The Morgan fingerprint density at radius 3 is 2.71 bits per heavy atom. The topological polar surface area (TPSA) is 109 Å². The van der Waals surface area contributed by atoms with Crippen molar-refractivity contribution in [3.8, 4) is 11.1 Å². The molecule has 7 heteroatoms. The van der Waals surface area contributed by atoms with Crippen molar-refractivity contribution in [2.75, 3.05) is 17.6 Å². The molecule has 0 aliphatic heterocycles. The number of fused-ring (bicyclic) bond motifs is 1. The van der Waals surface area contributed by atoms with Crippen molar-refractivity contribution in [1.29, 1.82) is 0 Å². The zero-order valence-electron chi connectivity index (χ0n) is 15.1. The molecule has 5 N–H and O–H groups in total. The number of rotatable bonds is 5. The number of anilines is 2. The molecule has 0 bridgehead atoms. The summed E-state index contributed by atoms with van der Waals surface area (Å²) < 4.78 is 0. The van der Waals surface area contributed by atoms with Gasteiger partial charge in [0.15, 0.2) is 5.82 Å². The minimum absolute atomic E-state index is 0.282. The molecule has 0 aliphatic rings. The van der Waals surface area contributed by atoms with Gasteiger partial charge in [0.1, 0.15) is 5.82 Å². The van der Waals surface area contributed by atoms with Crippen molar-refractivity contribution in [3.05, 3.63) is 72.4 Å². The number of H-pyrrole nitrogens is 1. The quantitative estimate of drug-likeness (QED) is 0.429. The summed E-state index contributed by atoms with van der Waals surface area (Å²) in [5.74, 6) is 0.942. The molecule has 28 heavy (non-hydrogen) atoms. The van der Waals surface area contributed by atoms with Gasteiger partial charge in [0.05, 0.1) is 5.52 Å². The van der Waals surface area contributed by atoms with Crippen LogP contribution in [0, 0.1) is 0 Å². The number of pyridine rings is 1. The van der Waals surface area contributed by atoms with Gasteiger partial charge < -0.3 is 11.1 Å². The summed E-state index contributed by atoms with van der Waals surface area (Å²) in [6, 6.07) is 19.3. The number of urea groups is 1. The molecule has 2 amide bonds. The normalized spacial score (nSPS) is 10.7. The Morgan fingerprint density at radius 1 is 1.04 bits per heavy atom. The lowest BCUT2D eigenvalue weighted by atomic mass is 10.0. The van der Waals surface area contributed by atoms with Crippen LogP contribution >= 0.6 is 0 Å². The molecule has 0 saturated heterocycles. The number of aromatic amines is 1. The number of amides is 2. The van der Waals surface area contributed by atoms with E-state index >= 15 is 0 Å². The van der Waals surface area contributed by atoms with Gasteiger partial charge in [-0.25, -0.2) is 9.78 Å². The molecule has 2 aromatic carbocycles. The molecule has 2 aromatic heterocycles. The number of hydrogen-bond acceptors (Lipinski definition) is 4. The summed E-state index contributed by atoms with van der Waals surface area (Å²) in [5, 5.41) is 13.4. The molecule has 0 fully saturated rings. The molecule has 0 radical (unpaired) electrons. The van der Waals surface area contributed by atoms with Gasteiger partial charge in [0.25, 0.3) is 0 Å². The first kappa shape index (κ1) is 17.5. The van der Waals surface area contributed by atoms with Gasteiger partial charge in [-0.1, -0.05) is 36.4 Å². The summed E-state index contributed by atoms with van der Waals surface area (Å²) in [4.78, 5) is 16.4. The van der Waals surface area contributed by atoms with Crippen LogP contribution in [0.5, 0.6) is 0 Å². The Labute approximate surface area is 162 Å². The van der Waals surface area contributed by atoms with Gasteiger partial charge in [-0.2, -0.15) is 5.10 Å². The number of nitrogen functional groups attached to an aromatic ring is 1. The largest absolute Gasteiger partial charge is 0.382 e. The molecule has 0 aliphatic carbocycles. The molecule has 2 heterocycles. The molecular formula is C21H20N6O. The number of nitrogens with zero attached hydrogens (tertiary/aromatic N) is 2. The van der Waals surface area contributed by atoms with Gasteiger partial charge in [0.2, 0.25) is 0 Å². The Bertz CT molecular complexity index is 1110. The number of carbonyl (C=O) groups excluding carboxylic acids is 1. The number of aromatic nitrogens is 3. The maximum atomic E-state index is 12.1. The van der Waals surface area contributed by atoms with Crippen molar-refractivity contribution < 1.29 is 4.79 Å². The third-order valence-corrected chi connectivity index (χ3v) is 4.47. The van der Waals surface area contributed by atoms with Crippen molar-refractivity contribution in [1.82, 2.24) is 20.5 Å². The first-order valence-electron chi connectivity index (χ1n) is 8.98. The Kier molecular flexibility index (Phi) is 4.88. The number of benzene rings is 2. The standard InChI is InChI=1S/C21H20N6O/c22-20-17-12-15(6-7-18(17)26-27-20)16-9-11-23-19(13-16)25-21(28)24-10-8-14-4-2-1-3-5-14/h1-7,9,11-13H,8,10H2,(H3,22,26,27)(H2,23,24,25,28). The van der Waals surface area contributed by atoms with Crippen LogP contribution < -0.4 is 16.4 Å². The van der Waals surface area contributed by atoms with Crippen LogP contribution in [0.2, 0.25) is 0 Å². The lowest BCUT2D eigenvalue weighted by Crippen LogP contribution is -2.30. The molecule has 4 aromatic rings. The lowest BCUT2D eigenvalue weighted by Gasteiger charge is -2.09. The van der Waals surface area contributed by atoms with Crippen LogP contribution in [0.15, 0.2) is 66.9 Å². The molecule has 0 spiro atoms. The monoisotopic (exact) mass is 372 g/mol. The van der Waals surface area contributed by atoms with E-state index in [4.69, 9.17) is 5.73 Å². The molecule has 0 unspecified atom stereocenters. The smallest absolute Gasteiger partial charge is 0.320 e. The second-order valence-electron chi connectivity index (χ2n) is 6.42. The SMILES string of the molecule is Nc1n[nH]c2ccc(-c3ccnc(NC(=O)NCCc4ccccc4)c3)cc12. The molecule has 0 atom stereocenters. The van der Waals surface area contributed by atoms with E-state index in [1.165, 1.54) is 5.56 Å². The zero-order chi connectivity index (χ0) is 19.3.